The van der Waals surface area contributed by atoms with Crippen LogP contribution in [0.2, 0.25) is 0 Å². The normalized spacial score (nSPS) is 21.4. The maximum Gasteiger partial charge on any atom is 0.282 e. The Labute approximate surface area is 117 Å². The van der Waals surface area contributed by atoms with E-state index in [1.807, 2.05) is 37.3 Å². The lowest BCUT2D eigenvalue weighted by atomic mass is 9.91. The van der Waals surface area contributed by atoms with Crippen LogP contribution in [0.1, 0.15) is 12.5 Å². The zero-order valence-electron chi connectivity index (χ0n) is 11.2. The van der Waals surface area contributed by atoms with Crippen molar-refractivity contribution in [3.8, 4) is 16.9 Å². The van der Waals surface area contributed by atoms with Crippen molar-refractivity contribution in [2.75, 3.05) is 6.61 Å². The second-order valence-electron chi connectivity index (χ2n) is 5.21. The number of ether oxygens (including phenoxy) is 1. The number of phenols is 1. The Morgan fingerprint density at radius 3 is 2.50 bits per heavy atom. The molecule has 0 radical (unpaired) electrons. The first-order chi connectivity index (χ1) is 9.57. The van der Waals surface area contributed by atoms with Crippen molar-refractivity contribution in [3.05, 3.63) is 54.1 Å². The molecule has 1 aliphatic rings. The van der Waals surface area contributed by atoms with Gasteiger partial charge in [-0.25, -0.2) is 0 Å². The third kappa shape index (κ3) is 2.20. The Balaban J connectivity index is 2.00. The number of rotatable bonds is 2. The minimum absolute atomic E-state index is 0.107. The van der Waals surface area contributed by atoms with Gasteiger partial charge < -0.3 is 15.2 Å². The van der Waals surface area contributed by atoms with Crippen molar-refractivity contribution in [1.29, 1.82) is 5.41 Å². The molecule has 3 N–H and O–H groups in total. The summed E-state index contributed by atoms with van der Waals surface area (Å²) >= 11 is 0. The Morgan fingerprint density at radius 1 is 1.15 bits per heavy atom. The van der Waals surface area contributed by atoms with Gasteiger partial charge in [0, 0.05) is 0 Å². The van der Waals surface area contributed by atoms with E-state index in [0.29, 0.717) is 6.61 Å². The topological polar surface area (TPSA) is 65.3 Å². The summed E-state index contributed by atoms with van der Waals surface area (Å²) in [5.74, 6) is 0.253. The molecular formula is C16H16N2O2. The summed E-state index contributed by atoms with van der Waals surface area (Å²) in [6.07, 6.45) is 0. The van der Waals surface area contributed by atoms with Crippen LogP contribution in [0.25, 0.3) is 11.1 Å². The third-order valence-corrected chi connectivity index (χ3v) is 3.57. The minimum atomic E-state index is -0.385. The van der Waals surface area contributed by atoms with E-state index in [4.69, 9.17) is 10.1 Å². The molecule has 0 saturated carbocycles. The van der Waals surface area contributed by atoms with Crippen molar-refractivity contribution in [2.24, 2.45) is 0 Å². The van der Waals surface area contributed by atoms with Gasteiger partial charge in [0.25, 0.3) is 6.02 Å². The molecule has 4 heteroatoms. The highest BCUT2D eigenvalue weighted by atomic mass is 16.5. The van der Waals surface area contributed by atoms with Gasteiger partial charge in [0.05, 0.1) is 5.54 Å². The van der Waals surface area contributed by atoms with Gasteiger partial charge in [-0.15, -0.1) is 0 Å². The molecular weight excluding hydrogens is 252 g/mol. The lowest BCUT2D eigenvalue weighted by molar-refractivity contribution is 0.276. The van der Waals surface area contributed by atoms with E-state index in [1.54, 1.807) is 12.1 Å². The lowest BCUT2D eigenvalue weighted by Crippen LogP contribution is -2.37. The minimum Gasteiger partial charge on any atom is -0.508 e. The SMILES string of the molecule is CC1(c2cccc(-c3cccc(O)c3)c2)COC(=N)N1. The quantitative estimate of drug-likeness (QED) is 0.784. The van der Waals surface area contributed by atoms with Crippen LogP contribution >= 0.6 is 0 Å². The van der Waals surface area contributed by atoms with Gasteiger partial charge in [-0.1, -0.05) is 30.3 Å². The first kappa shape index (κ1) is 12.5. The average Bonchev–Trinajstić information content (AvgIpc) is 2.80. The van der Waals surface area contributed by atoms with E-state index in [9.17, 15) is 5.11 Å². The van der Waals surface area contributed by atoms with Gasteiger partial charge in [-0.2, -0.15) is 0 Å². The van der Waals surface area contributed by atoms with E-state index in [1.165, 1.54) is 0 Å². The van der Waals surface area contributed by atoms with E-state index >= 15 is 0 Å². The Hall–Kier alpha value is -2.49. The smallest absolute Gasteiger partial charge is 0.282 e. The molecule has 1 saturated heterocycles. The van der Waals surface area contributed by atoms with Crippen molar-refractivity contribution in [2.45, 2.75) is 12.5 Å². The monoisotopic (exact) mass is 268 g/mol. The summed E-state index contributed by atoms with van der Waals surface area (Å²) in [5, 5.41) is 20.2. The Kier molecular flexibility index (Phi) is 2.86. The molecule has 3 rings (SSSR count). The van der Waals surface area contributed by atoms with Crippen LogP contribution in [-0.4, -0.2) is 17.7 Å². The second kappa shape index (κ2) is 4.56. The van der Waals surface area contributed by atoms with Crippen LogP contribution in [0.4, 0.5) is 0 Å². The number of nitrogens with one attached hydrogen (secondary N) is 2. The highest BCUT2D eigenvalue weighted by molar-refractivity contribution is 5.74. The predicted octanol–water partition coefficient (Wildman–Crippen LogP) is 2.83. The molecule has 2 aromatic carbocycles. The molecule has 0 aliphatic carbocycles. The van der Waals surface area contributed by atoms with Gasteiger partial charge in [-0.05, 0) is 41.8 Å². The number of amidine groups is 1. The van der Waals surface area contributed by atoms with Crippen LogP contribution in [0.5, 0.6) is 5.75 Å². The molecule has 0 bridgehead atoms. The molecule has 1 aliphatic heterocycles. The fraction of sp³-hybridized carbons (Fsp3) is 0.188. The predicted molar refractivity (Wildman–Crippen MR) is 77.7 cm³/mol. The molecule has 1 unspecified atom stereocenters. The van der Waals surface area contributed by atoms with E-state index in [0.717, 1.165) is 16.7 Å². The fourth-order valence-electron chi connectivity index (χ4n) is 2.42. The molecule has 2 aromatic rings. The molecule has 0 aromatic heterocycles. The van der Waals surface area contributed by atoms with Crippen LogP contribution < -0.4 is 5.32 Å². The van der Waals surface area contributed by atoms with Gasteiger partial charge >= 0.3 is 0 Å². The van der Waals surface area contributed by atoms with E-state index in [2.05, 4.69) is 11.4 Å². The van der Waals surface area contributed by atoms with Crippen LogP contribution in [0.15, 0.2) is 48.5 Å². The second-order valence-corrected chi connectivity index (χ2v) is 5.21. The summed E-state index contributed by atoms with van der Waals surface area (Å²) in [6.45, 7) is 2.45. The van der Waals surface area contributed by atoms with Gasteiger partial charge in [-0.3, -0.25) is 5.41 Å². The van der Waals surface area contributed by atoms with Gasteiger partial charge in [0.15, 0.2) is 0 Å². The van der Waals surface area contributed by atoms with Gasteiger partial charge in [0.1, 0.15) is 12.4 Å². The maximum absolute atomic E-state index is 9.58. The van der Waals surface area contributed by atoms with Gasteiger partial charge in [0.2, 0.25) is 0 Å². The summed E-state index contributed by atoms with van der Waals surface area (Å²) < 4.78 is 5.22. The first-order valence-corrected chi connectivity index (χ1v) is 6.46. The van der Waals surface area contributed by atoms with E-state index in [-0.39, 0.29) is 17.3 Å². The molecule has 20 heavy (non-hydrogen) atoms. The lowest BCUT2D eigenvalue weighted by Gasteiger charge is -2.22. The van der Waals surface area contributed by atoms with Crippen molar-refractivity contribution < 1.29 is 9.84 Å². The first-order valence-electron chi connectivity index (χ1n) is 6.46. The molecule has 102 valence electrons. The third-order valence-electron chi connectivity index (χ3n) is 3.57. The Morgan fingerprint density at radius 2 is 1.85 bits per heavy atom. The Bertz CT molecular complexity index is 669. The zero-order chi connectivity index (χ0) is 14.2. The standard InChI is InChI=1S/C16H16N2O2/c1-16(10-20-15(17)18-16)13-6-2-4-11(8-13)12-5-3-7-14(19)9-12/h2-9,19H,10H2,1H3,(H2,17,18). The molecule has 0 amide bonds. The summed E-state index contributed by atoms with van der Waals surface area (Å²) in [4.78, 5) is 0. The number of benzene rings is 2. The van der Waals surface area contributed by atoms with Crippen LogP contribution in [0, 0.1) is 5.41 Å². The molecule has 1 fully saturated rings. The highest BCUT2D eigenvalue weighted by Gasteiger charge is 2.34. The highest BCUT2D eigenvalue weighted by Crippen LogP contribution is 2.30. The molecule has 0 spiro atoms. The summed E-state index contributed by atoms with van der Waals surface area (Å²) in [5.41, 5.74) is 2.66. The molecule has 1 atom stereocenters. The average molecular weight is 268 g/mol. The zero-order valence-corrected chi connectivity index (χ0v) is 11.2. The van der Waals surface area contributed by atoms with Crippen molar-refractivity contribution in [1.82, 2.24) is 5.32 Å². The van der Waals surface area contributed by atoms with Crippen LogP contribution in [0.3, 0.4) is 0 Å². The van der Waals surface area contributed by atoms with Crippen LogP contribution in [-0.2, 0) is 10.3 Å². The summed E-state index contributed by atoms with van der Waals surface area (Å²) in [7, 11) is 0. The number of hydrogen-bond donors (Lipinski definition) is 3. The molecule has 1 heterocycles. The van der Waals surface area contributed by atoms with Crippen molar-refractivity contribution in [3.63, 3.8) is 0 Å². The summed E-state index contributed by atoms with van der Waals surface area (Å²) in [6, 6.07) is 15.3. The van der Waals surface area contributed by atoms with E-state index < -0.39 is 0 Å². The largest absolute Gasteiger partial charge is 0.508 e. The van der Waals surface area contributed by atoms with Crippen molar-refractivity contribution >= 4 is 6.02 Å². The number of phenolic OH excluding ortho intramolecular Hbond substituents is 1. The molecule has 4 nitrogen and oxygen atoms in total. The number of aromatic hydroxyl groups is 1. The fourth-order valence-corrected chi connectivity index (χ4v) is 2.42. The number of hydrogen-bond acceptors (Lipinski definition) is 3. The maximum atomic E-state index is 9.58.